The summed E-state index contributed by atoms with van der Waals surface area (Å²) in [4.78, 5) is 29.2. The third-order valence-corrected chi connectivity index (χ3v) is 4.23. The highest BCUT2D eigenvalue weighted by atomic mass is 16.5. The first-order chi connectivity index (χ1) is 10.3. The lowest BCUT2D eigenvalue weighted by Gasteiger charge is -2.25. The van der Waals surface area contributed by atoms with Gasteiger partial charge in [0.25, 0.3) is 5.78 Å². The zero-order valence-corrected chi connectivity index (χ0v) is 11.4. The molecular formula is C16H14N2O3. The van der Waals surface area contributed by atoms with Crippen molar-refractivity contribution in [1.29, 1.82) is 0 Å². The number of Topliss-reactive ketones (excluding diaryl/α,β-unsaturated/α-hetero) is 2. The normalized spacial score (nSPS) is 18.5. The molecule has 106 valence electrons. The van der Waals surface area contributed by atoms with Gasteiger partial charge in [-0.25, -0.2) is 4.98 Å². The second-order valence-electron chi connectivity index (χ2n) is 5.40. The van der Waals surface area contributed by atoms with Gasteiger partial charge in [0.15, 0.2) is 0 Å². The van der Waals surface area contributed by atoms with E-state index in [0.29, 0.717) is 30.2 Å². The first-order valence-electron chi connectivity index (χ1n) is 7.10. The fraction of sp³-hybridized carbons (Fsp3) is 0.312. The Kier molecular flexibility index (Phi) is 2.75. The monoisotopic (exact) mass is 282 g/mol. The molecule has 4 rings (SSSR count). The van der Waals surface area contributed by atoms with Crippen molar-refractivity contribution < 1.29 is 14.3 Å². The lowest BCUT2D eigenvalue weighted by molar-refractivity contribution is 0.0672. The number of carbonyl (C=O) groups is 2. The largest absolute Gasteiger partial charge is 0.381 e. The average Bonchev–Trinajstić information content (AvgIpc) is 2.99. The van der Waals surface area contributed by atoms with E-state index >= 15 is 0 Å². The molecule has 1 aromatic heterocycles. The Morgan fingerprint density at radius 3 is 2.52 bits per heavy atom. The van der Waals surface area contributed by atoms with Crippen molar-refractivity contribution in [2.24, 2.45) is 0 Å². The molecule has 0 spiro atoms. The molecule has 5 heteroatoms. The highest BCUT2D eigenvalue weighted by Crippen LogP contribution is 2.35. The van der Waals surface area contributed by atoms with Crippen molar-refractivity contribution >= 4 is 11.6 Å². The molecule has 5 nitrogen and oxygen atoms in total. The van der Waals surface area contributed by atoms with Gasteiger partial charge in [0.05, 0.1) is 6.33 Å². The van der Waals surface area contributed by atoms with Gasteiger partial charge in [-0.05, 0) is 12.8 Å². The smallest absolute Gasteiger partial charge is 0.252 e. The van der Waals surface area contributed by atoms with Gasteiger partial charge in [-0.15, -0.1) is 0 Å². The molecule has 21 heavy (non-hydrogen) atoms. The van der Waals surface area contributed by atoms with E-state index in [4.69, 9.17) is 4.74 Å². The number of ketones is 2. The predicted molar refractivity (Wildman–Crippen MR) is 75.4 cm³/mol. The lowest BCUT2D eigenvalue weighted by atomic mass is 9.90. The summed E-state index contributed by atoms with van der Waals surface area (Å²) in [6, 6.07) is 7.34. The zero-order valence-electron chi connectivity index (χ0n) is 11.4. The number of nitrogens with zero attached hydrogens (tertiary/aromatic N) is 2. The quantitative estimate of drug-likeness (QED) is 0.753. The molecule has 0 bridgehead atoms. The number of hydrogen-bond donors (Lipinski definition) is 0. The number of fused-ring (bicyclic) bond motifs is 3. The minimum absolute atomic E-state index is 0.178. The second kappa shape index (κ2) is 4.63. The summed E-state index contributed by atoms with van der Waals surface area (Å²) in [5.41, 5.74) is 2.27. The van der Waals surface area contributed by atoms with E-state index in [1.165, 1.54) is 0 Å². The van der Waals surface area contributed by atoms with Crippen molar-refractivity contribution in [1.82, 2.24) is 9.55 Å². The molecular weight excluding hydrogens is 268 g/mol. The number of benzene rings is 1. The van der Waals surface area contributed by atoms with Gasteiger partial charge in [-0.3, -0.25) is 9.59 Å². The summed E-state index contributed by atoms with van der Waals surface area (Å²) in [7, 11) is 0. The van der Waals surface area contributed by atoms with Crippen molar-refractivity contribution in [2.75, 3.05) is 13.2 Å². The van der Waals surface area contributed by atoms with Crippen LogP contribution in [-0.4, -0.2) is 34.3 Å². The van der Waals surface area contributed by atoms with Crippen LogP contribution in [0.2, 0.25) is 0 Å². The maximum Gasteiger partial charge on any atom is 0.252 e. The molecule has 1 saturated heterocycles. The van der Waals surface area contributed by atoms with Crippen LogP contribution in [0, 0.1) is 0 Å². The number of aromatic nitrogens is 2. The summed E-state index contributed by atoms with van der Waals surface area (Å²) in [5, 5.41) is 0. The molecule has 2 aromatic rings. The van der Waals surface area contributed by atoms with E-state index in [1.807, 2.05) is 16.7 Å². The van der Waals surface area contributed by atoms with Crippen LogP contribution >= 0.6 is 0 Å². The number of imidazole rings is 1. The summed E-state index contributed by atoms with van der Waals surface area (Å²) in [5.74, 6) is -0.889. The molecule has 1 aromatic carbocycles. The van der Waals surface area contributed by atoms with Gasteiger partial charge in [0.1, 0.15) is 11.4 Å². The van der Waals surface area contributed by atoms with E-state index in [0.717, 1.165) is 18.4 Å². The fourth-order valence-electron chi connectivity index (χ4n) is 3.14. The standard InChI is InChI=1S/C16H14N2O3/c19-15-12-4-2-1-3-11(12)13-14(16(15)20)18(9-17-13)10-5-7-21-8-6-10/h1-4,9-10H,5-8H2. The molecule has 1 fully saturated rings. The van der Waals surface area contributed by atoms with Crippen molar-refractivity contribution in [3.8, 4) is 11.3 Å². The van der Waals surface area contributed by atoms with Gasteiger partial charge >= 0.3 is 0 Å². The topological polar surface area (TPSA) is 61.2 Å². The van der Waals surface area contributed by atoms with Crippen LogP contribution in [0.1, 0.15) is 39.7 Å². The average molecular weight is 282 g/mol. The third-order valence-electron chi connectivity index (χ3n) is 4.23. The first kappa shape index (κ1) is 12.5. The number of carbonyl (C=O) groups excluding carboxylic acids is 2. The zero-order chi connectivity index (χ0) is 14.4. The Labute approximate surface area is 121 Å². The van der Waals surface area contributed by atoms with Crippen LogP contribution in [-0.2, 0) is 4.74 Å². The summed E-state index contributed by atoms with van der Waals surface area (Å²) >= 11 is 0. The maximum atomic E-state index is 12.5. The van der Waals surface area contributed by atoms with E-state index < -0.39 is 11.6 Å². The van der Waals surface area contributed by atoms with Crippen molar-refractivity contribution in [3.05, 3.63) is 41.9 Å². The molecule has 0 N–H and O–H groups in total. The summed E-state index contributed by atoms with van der Waals surface area (Å²) in [6.45, 7) is 1.35. The van der Waals surface area contributed by atoms with Crippen LogP contribution in [0.5, 0.6) is 0 Å². The van der Waals surface area contributed by atoms with E-state index in [2.05, 4.69) is 4.98 Å². The molecule has 1 aliphatic carbocycles. The van der Waals surface area contributed by atoms with Crippen molar-refractivity contribution in [2.45, 2.75) is 18.9 Å². The minimum Gasteiger partial charge on any atom is -0.381 e. The van der Waals surface area contributed by atoms with E-state index in [9.17, 15) is 9.59 Å². The SMILES string of the molecule is O=C1C(=O)c2c(ncn2C2CCOCC2)-c2ccccc21. The number of hydrogen-bond acceptors (Lipinski definition) is 4. The number of ether oxygens (including phenoxy) is 1. The molecule has 0 saturated carbocycles. The van der Waals surface area contributed by atoms with Gasteiger partial charge in [-0.1, -0.05) is 24.3 Å². The first-order valence-corrected chi connectivity index (χ1v) is 7.10. The van der Waals surface area contributed by atoms with Gasteiger partial charge in [-0.2, -0.15) is 0 Å². The summed E-state index contributed by atoms with van der Waals surface area (Å²) in [6.07, 6.45) is 3.37. The van der Waals surface area contributed by atoms with Crippen LogP contribution in [0.25, 0.3) is 11.3 Å². The highest BCUT2D eigenvalue weighted by Gasteiger charge is 2.35. The molecule has 2 heterocycles. The summed E-state index contributed by atoms with van der Waals surface area (Å²) < 4.78 is 7.23. The van der Waals surface area contributed by atoms with E-state index in [-0.39, 0.29) is 6.04 Å². The van der Waals surface area contributed by atoms with Gasteiger partial charge in [0.2, 0.25) is 5.78 Å². The Morgan fingerprint density at radius 1 is 1.05 bits per heavy atom. The van der Waals surface area contributed by atoms with Gasteiger partial charge < -0.3 is 9.30 Å². The van der Waals surface area contributed by atoms with Crippen LogP contribution < -0.4 is 0 Å². The Hall–Kier alpha value is -2.27. The Bertz CT molecular complexity index is 742. The van der Waals surface area contributed by atoms with E-state index in [1.54, 1.807) is 18.5 Å². The van der Waals surface area contributed by atoms with Crippen LogP contribution in [0.3, 0.4) is 0 Å². The Balaban J connectivity index is 1.89. The third kappa shape index (κ3) is 1.77. The predicted octanol–water partition coefficient (Wildman–Crippen LogP) is 2.28. The second-order valence-corrected chi connectivity index (χ2v) is 5.40. The molecule has 0 atom stereocenters. The number of rotatable bonds is 1. The molecule has 0 amide bonds. The lowest BCUT2D eigenvalue weighted by Crippen LogP contribution is -2.27. The Morgan fingerprint density at radius 2 is 1.76 bits per heavy atom. The highest BCUT2D eigenvalue weighted by molar-refractivity contribution is 6.52. The molecule has 2 aliphatic rings. The van der Waals surface area contributed by atoms with Crippen LogP contribution in [0.4, 0.5) is 0 Å². The molecule has 0 unspecified atom stereocenters. The minimum atomic E-state index is -0.451. The van der Waals surface area contributed by atoms with Crippen molar-refractivity contribution in [3.63, 3.8) is 0 Å². The van der Waals surface area contributed by atoms with Crippen LogP contribution in [0.15, 0.2) is 30.6 Å². The van der Waals surface area contributed by atoms with Gasteiger partial charge in [0, 0.05) is 30.4 Å². The maximum absolute atomic E-state index is 12.5. The fourth-order valence-corrected chi connectivity index (χ4v) is 3.14. The molecule has 1 aliphatic heterocycles. The molecule has 0 radical (unpaired) electrons.